The second kappa shape index (κ2) is 18.4. The molecule has 0 radical (unpaired) electrons. The fraction of sp³-hybridized carbons (Fsp3) is 0.405. The van der Waals surface area contributed by atoms with Gasteiger partial charge < -0.3 is 14.2 Å². The van der Waals surface area contributed by atoms with Gasteiger partial charge in [-0.1, -0.05) is 95.2 Å². The number of hydrogen-bond donors (Lipinski definition) is 0. The van der Waals surface area contributed by atoms with Crippen LogP contribution in [0.15, 0.2) is 72.8 Å². The Morgan fingerprint density at radius 2 is 1.09 bits per heavy atom. The van der Waals surface area contributed by atoms with Gasteiger partial charge in [-0.25, -0.2) is 14.4 Å². The van der Waals surface area contributed by atoms with Crippen LogP contribution in [0.4, 0.5) is 0 Å². The Morgan fingerprint density at radius 1 is 0.591 bits per heavy atom. The lowest BCUT2D eigenvalue weighted by atomic mass is 9.99. The molecule has 3 aromatic rings. The summed E-state index contributed by atoms with van der Waals surface area (Å²) in [4.78, 5) is 49.7. The van der Waals surface area contributed by atoms with Crippen molar-refractivity contribution in [2.75, 3.05) is 6.61 Å². The first-order valence-corrected chi connectivity index (χ1v) is 15.8. The van der Waals surface area contributed by atoms with E-state index in [9.17, 15) is 19.2 Å². The number of esters is 3. The van der Waals surface area contributed by atoms with E-state index in [1.54, 1.807) is 12.1 Å². The minimum absolute atomic E-state index is 0.169. The summed E-state index contributed by atoms with van der Waals surface area (Å²) in [5, 5.41) is 0. The van der Waals surface area contributed by atoms with Crippen LogP contribution in [0.3, 0.4) is 0 Å². The van der Waals surface area contributed by atoms with E-state index in [0.29, 0.717) is 18.6 Å². The third-order valence-corrected chi connectivity index (χ3v) is 7.33. The molecular formula is C37H44O7. The van der Waals surface area contributed by atoms with Crippen LogP contribution in [-0.4, -0.2) is 36.4 Å². The first-order chi connectivity index (χ1) is 21.3. The molecule has 0 saturated carbocycles. The maximum Gasteiger partial charge on any atom is 0.347 e. The Bertz CT molecular complexity index is 1340. The molecule has 0 heterocycles. The molecule has 0 aromatic heterocycles. The summed E-state index contributed by atoms with van der Waals surface area (Å²) in [6, 6.07) is 20.5. The lowest BCUT2D eigenvalue weighted by molar-refractivity contribution is -0.153. The van der Waals surface area contributed by atoms with Crippen molar-refractivity contribution in [3.63, 3.8) is 0 Å². The van der Waals surface area contributed by atoms with Crippen LogP contribution in [0.25, 0.3) is 11.1 Å². The summed E-state index contributed by atoms with van der Waals surface area (Å²) in [6.07, 6.45) is 9.20. The van der Waals surface area contributed by atoms with E-state index in [4.69, 9.17) is 14.2 Å². The van der Waals surface area contributed by atoms with E-state index in [1.807, 2.05) is 36.4 Å². The van der Waals surface area contributed by atoms with Crippen molar-refractivity contribution < 1.29 is 33.4 Å². The Balaban J connectivity index is 1.47. The van der Waals surface area contributed by atoms with Crippen molar-refractivity contribution >= 4 is 23.7 Å². The molecule has 0 fully saturated rings. The molecule has 0 bridgehead atoms. The van der Waals surface area contributed by atoms with Crippen LogP contribution < -0.4 is 4.74 Å². The molecular weight excluding hydrogens is 556 g/mol. The average Bonchev–Trinajstić information content (AvgIpc) is 3.05. The van der Waals surface area contributed by atoms with Gasteiger partial charge in [0.1, 0.15) is 5.75 Å². The molecule has 234 valence electrons. The van der Waals surface area contributed by atoms with Crippen molar-refractivity contribution in [3.8, 4) is 16.9 Å². The van der Waals surface area contributed by atoms with Crippen LogP contribution in [0.5, 0.6) is 5.75 Å². The van der Waals surface area contributed by atoms with Crippen molar-refractivity contribution in [2.24, 2.45) is 0 Å². The predicted octanol–water partition coefficient (Wildman–Crippen LogP) is 8.78. The molecule has 0 aliphatic carbocycles. The van der Waals surface area contributed by atoms with Crippen LogP contribution >= 0.6 is 0 Å². The number of Topliss-reactive ketones (excluding diaryl/α,β-unsaturated/α-hetero) is 1. The molecule has 0 aliphatic heterocycles. The van der Waals surface area contributed by atoms with Crippen molar-refractivity contribution in [2.45, 2.75) is 91.1 Å². The number of ketones is 1. The zero-order valence-corrected chi connectivity index (χ0v) is 26.1. The van der Waals surface area contributed by atoms with Crippen molar-refractivity contribution in [1.82, 2.24) is 0 Å². The molecule has 0 N–H and O–H groups in total. The number of ether oxygens (including phenoxy) is 3. The number of rotatable bonds is 18. The standard InChI is InChI=1S/C37H44O7/c1-4-6-8-9-10-11-13-34(38)30-18-14-28(15-19-30)29-16-20-31(21-17-29)37(41)44-33-24-22-32(23-25-33)36(40)43-27(3)35(39)42-26-12-7-5-2/h14-25,27H,4-13,26H2,1-3H3. The van der Waals surface area contributed by atoms with Crippen molar-refractivity contribution in [3.05, 3.63) is 89.5 Å². The Morgan fingerprint density at radius 3 is 1.70 bits per heavy atom. The molecule has 0 spiro atoms. The highest BCUT2D eigenvalue weighted by Crippen LogP contribution is 2.23. The summed E-state index contributed by atoms with van der Waals surface area (Å²) in [6.45, 7) is 6.02. The van der Waals surface area contributed by atoms with Gasteiger partial charge in [0.05, 0.1) is 17.7 Å². The smallest absolute Gasteiger partial charge is 0.347 e. The molecule has 44 heavy (non-hydrogen) atoms. The summed E-state index contributed by atoms with van der Waals surface area (Å²) >= 11 is 0. The summed E-state index contributed by atoms with van der Waals surface area (Å²) in [7, 11) is 0. The minimum atomic E-state index is -1.03. The topological polar surface area (TPSA) is 96.0 Å². The van der Waals surface area contributed by atoms with E-state index in [2.05, 4.69) is 13.8 Å². The van der Waals surface area contributed by atoms with Gasteiger partial charge in [0, 0.05) is 12.0 Å². The highest BCUT2D eigenvalue weighted by atomic mass is 16.6. The van der Waals surface area contributed by atoms with Gasteiger partial charge in [-0.3, -0.25) is 4.79 Å². The summed E-state index contributed by atoms with van der Waals surface area (Å²) in [5.74, 6) is -1.37. The maximum absolute atomic E-state index is 12.7. The molecule has 3 rings (SSSR count). The average molecular weight is 601 g/mol. The monoisotopic (exact) mass is 600 g/mol. The molecule has 0 aliphatic rings. The maximum atomic E-state index is 12.7. The van der Waals surface area contributed by atoms with E-state index < -0.39 is 24.0 Å². The quantitative estimate of drug-likeness (QED) is 0.0623. The van der Waals surface area contributed by atoms with Gasteiger partial charge >= 0.3 is 17.9 Å². The van der Waals surface area contributed by atoms with Crippen LogP contribution in [0.1, 0.15) is 116 Å². The molecule has 0 amide bonds. The lowest BCUT2D eigenvalue weighted by Crippen LogP contribution is -2.26. The Kier molecular flexibility index (Phi) is 14.3. The fourth-order valence-corrected chi connectivity index (χ4v) is 4.60. The first kappa shape index (κ1) is 34.2. The lowest BCUT2D eigenvalue weighted by Gasteiger charge is -2.13. The van der Waals surface area contributed by atoms with Gasteiger partial charge in [0.25, 0.3) is 0 Å². The SMILES string of the molecule is CCCCCCCCC(=O)c1ccc(-c2ccc(C(=O)Oc3ccc(C(=O)OC(C)C(=O)OCCCCC)cc3)cc2)cc1. The van der Waals surface area contributed by atoms with E-state index in [1.165, 1.54) is 56.9 Å². The van der Waals surface area contributed by atoms with Gasteiger partial charge in [0.15, 0.2) is 11.9 Å². The number of carbonyl (C=O) groups excluding carboxylic acids is 4. The third-order valence-electron chi connectivity index (χ3n) is 7.33. The van der Waals surface area contributed by atoms with E-state index >= 15 is 0 Å². The first-order valence-electron chi connectivity index (χ1n) is 15.8. The number of unbranched alkanes of at least 4 members (excludes halogenated alkanes) is 7. The zero-order valence-electron chi connectivity index (χ0n) is 26.1. The largest absolute Gasteiger partial charge is 0.463 e. The van der Waals surface area contributed by atoms with Crippen LogP contribution in [0, 0.1) is 0 Å². The minimum Gasteiger partial charge on any atom is -0.463 e. The van der Waals surface area contributed by atoms with Gasteiger partial charge in [-0.15, -0.1) is 0 Å². The number of benzene rings is 3. The second-order valence-electron chi connectivity index (χ2n) is 10.9. The Labute approximate surface area is 260 Å². The van der Waals surface area contributed by atoms with Crippen LogP contribution in [-0.2, 0) is 14.3 Å². The molecule has 0 saturated heterocycles. The molecule has 1 atom stereocenters. The third kappa shape index (κ3) is 11.1. The summed E-state index contributed by atoms with van der Waals surface area (Å²) in [5.41, 5.74) is 3.17. The van der Waals surface area contributed by atoms with Gasteiger partial charge in [-0.05, 0) is 67.3 Å². The predicted molar refractivity (Wildman–Crippen MR) is 171 cm³/mol. The Hall–Kier alpha value is -4.26. The van der Waals surface area contributed by atoms with Crippen LogP contribution in [0.2, 0.25) is 0 Å². The van der Waals surface area contributed by atoms with E-state index in [0.717, 1.165) is 48.8 Å². The normalized spacial score (nSPS) is 11.4. The fourth-order valence-electron chi connectivity index (χ4n) is 4.60. The highest BCUT2D eigenvalue weighted by molar-refractivity contribution is 5.96. The number of hydrogen-bond acceptors (Lipinski definition) is 7. The second-order valence-corrected chi connectivity index (χ2v) is 10.9. The van der Waals surface area contributed by atoms with Crippen molar-refractivity contribution in [1.29, 1.82) is 0 Å². The molecule has 7 nitrogen and oxygen atoms in total. The summed E-state index contributed by atoms with van der Waals surface area (Å²) < 4.78 is 15.8. The zero-order chi connectivity index (χ0) is 31.7. The number of carbonyl (C=O) groups is 4. The molecule has 7 heteroatoms. The van der Waals surface area contributed by atoms with Gasteiger partial charge in [-0.2, -0.15) is 0 Å². The highest BCUT2D eigenvalue weighted by Gasteiger charge is 2.20. The van der Waals surface area contributed by atoms with Gasteiger partial charge in [0.2, 0.25) is 0 Å². The van der Waals surface area contributed by atoms with E-state index in [-0.39, 0.29) is 17.1 Å². The molecule has 1 unspecified atom stereocenters. The molecule has 3 aromatic carbocycles.